The summed E-state index contributed by atoms with van der Waals surface area (Å²) in [6, 6.07) is 8.44. The molecule has 0 N–H and O–H groups in total. The van der Waals surface area contributed by atoms with E-state index in [0.717, 1.165) is 24.5 Å². The molecule has 96 valence electrons. The molecule has 0 heterocycles. The van der Waals surface area contributed by atoms with Gasteiger partial charge < -0.3 is 4.74 Å². The van der Waals surface area contributed by atoms with Crippen molar-refractivity contribution in [2.75, 3.05) is 12.4 Å². The Morgan fingerprint density at radius 1 is 1.06 bits per heavy atom. The van der Waals surface area contributed by atoms with Gasteiger partial charge in [0.05, 0.1) is 6.61 Å². The maximum absolute atomic E-state index is 5.73. The third kappa shape index (κ3) is 5.49. The second kappa shape index (κ2) is 7.65. The first kappa shape index (κ1) is 14.4. The summed E-state index contributed by atoms with van der Waals surface area (Å²) in [5.74, 6) is 3.22. The molecule has 0 saturated heterocycles. The Balaban J connectivity index is 2.32. The van der Waals surface area contributed by atoms with E-state index in [-0.39, 0.29) is 0 Å². The van der Waals surface area contributed by atoms with Crippen LogP contribution < -0.4 is 4.74 Å². The van der Waals surface area contributed by atoms with E-state index < -0.39 is 0 Å². The highest BCUT2D eigenvalue weighted by atomic mass is 32.1. The number of hydrogen-bond acceptors (Lipinski definition) is 2. The molecule has 0 radical (unpaired) electrons. The summed E-state index contributed by atoms with van der Waals surface area (Å²) in [7, 11) is 0. The minimum Gasteiger partial charge on any atom is -0.494 e. The van der Waals surface area contributed by atoms with Crippen LogP contribution >= 0.6 is 12.6 Å². The number of ether oxygens (including phenoxy) is 1. The molecule has 0 aliphatic rings. The van der Waals surface area contributed by atoms with Crippen LogP contribution in [0, 0.1) is 5.92 Å². The lowest BCUT2D eigenvalue weighted by Crippen LogP contribution is -2.04. The predicted octanol–water partition coefficient (Wildman–Crippen LogP) is 4.53. The first-order valence-corrected chi connectivity index (χ1v) is 7.10. The summed E-state index contributed by atoms with van der Waals surface area (Å²) >= 11 is 4.24. The van der Waals surface area contributed by atoms with Crippen LogP contribution in [0.15, 0.2) is 24.3 Å². The van der Waals surface area contributed by atoms with Crippen molar-refractivity contribution < 1.29 is 4.74 Å². The molecule has 2 heteroatoms. The van der Waals surface area contributed by atoms with Gasteiger partial charge in [0.25, 0.3) is 0 Å². The number of rotatable bonds is 7. The van der Waals surface area contributed by atoms with E-state index in [1.807, 2.05) is 0 Å². The second-order valence-corrected chi connectivity index (χ2v) is 5.43. The van der Waals surface area contributed by atoms with Gasteiger partial charge in [-0.25, -0.2) is 0 Å². The average Bonchev–Trinajstić information content (AvgIpc) is 2.30. The van der Waals surface area contributed by atoms with Gasteiger partial charge in [-0.2, -0.15) is 12.6 Å². The van der Waals surface area contributed by atoms with E-state index in [1.165, 1.54) is 12.0 Å². The number of thiol groups is 1. The molecule has 0 aromatic heterocycles. The first-order chi connectivity index (χ1) is 8.13. The van der Waals surface area contributed by atoms with Crippen molar-refractivity contribution in [1.29, 1.82) is 0 Å². The molecule has 1 aromatic rings. The Labute approximate surface area is 111 Å². The Morgan fingerprint density at radius 3 is 2.24 bits per heavy atom. The molecule has 0 aliphatic carbocycles. The molecule has 1 rings (SSSR count). The average molecular weight is 252 g/mol. The smallest absolute Gasteiger partial charge is 0.119 e. The van der Waals surface area contributed by atoms with Gasteiger partial charge in [0.1, 0.15) is 5.75 Å². The van der Waals surface area contributed by atoms with Crippen LogP contribution in [0.25, 0.3) is 0 Å². The first-order valence-electron chi connectivity index (χ1n) is 6.47. The van der Waals surface area contributed by atoms with Crippen molar-refractivity contribution in [1.82, 2.24) is 0 Å². The molecule has 1 atom stereocenters. The molecular formula is C15H24OS. The molecule has 17 heavy (non-hydrogen) atoms. The normalized spacial score (nSPS) is 12.8. The summed E-state index contributed by atoms with van der Waals surface area (Å²) in [5.41, 5.74) is 1.36. The van der Waals surface area contributed by atoms with E-state index in [1.54, 1.807) is 0 Å². The van der Waals surface area contributed by atoms with Crippen LogP contribution in [0.2, 0.25) is 0 Å². The second-order valence-electron chi connectivity index (χ2n) is 4.98. The lowest BCUT2D eigenvalue weighted by Gasteiger charge is -2.12. The fourth-order valence-corrected chi connectivity index (χ4v) is 2.13. The van der Waals surface area contributed by atoms with Gasteiger partial charge in [-0.1, -0.05) is 32.9 Å². The third-order valence-corrected chi connectivity index (χ3v) is 3.31. The summed E-state index contributed by atoms with van der Waals surface area (Å²) in [4.78, 5) is 0. The van der Waals surface area contributed by atoms with Crippen molar-refractivity contribution in [2.45, 2.75) is 39.5 Å². The third-order valence-electron chi connectivity index (χ3n) is 3.05. The van der Waals surface area contributed by atoms with Gasteiger partial charge in [-0.15, -0.1) is 0 Å². The van der Waals surface area contributed by atoms with Gasteiger partial charge in [-0.05, 0) is 48.1 Å². The summed E-state index contributed by atoms with van der Waals surface area (Å²) < 4.78 is 5.73. The minimum absolute atomic E-state index is 0.583. The van der Waals surface area contributed by atoms with Gasteiger partial charge >= 0.3 is 0 Å². The van der Waals surface area contributed by atoms with E-state index in [4.69, 9.17) is 4.74 Å². The summed E-state index contributed by atoms with van der Waals surface area (Å²) in [6.07, 6.45) is 2.27. The fraction of sp³-hybridized carbons (Fsp3) is 0.600. The van der Waals surface area contributed by atoms with Crippen LogP contribution in [0.4, 0.5) is 0 Å². The molecule has 0 fully saturated rings. The highest BCUT2D eigenvalue weighted by Gasteiger charge is 2.02. The molecule has 0 spiro atoms. The van der Waals surface area contributed by atoms with Crippen molar-refractivity contribution >= 4 is 12.6 Å². The minimum atomic E-state index is 0.583. The van der Waals surface area contributed by atoms with E-state index >= 15 is 0 Å². The highest BCUT2D eigenvalue weighted by molar-refractivity contribution is 7.80. The Morgan fingerprint density at radius 2 is 1.71 bits per heavy atom. The lowest BCUT2D eigenvalue weighted by molar-refractivity contribution is 0.282. The zero-order valence-corrected chi connectivity index (χ0v) is 12.0. The fourth-order valence-electron chi connectivity index (χ4n) is 1.69. The largest absolute Gasteiger partial charge is 0.494 e. The van der Waals surface area contributed by atoms with E-state index in [9.17, 15) is 0 Å². The van der Waals surface area contributed by atoms with Crippen LogP contribution in [0.1, 0.15) is 45.1 Å². The molecule has 1 aromatic carbocycles. The molecule has 0 saturated carbocycles. The van der Waals surface area contributed by atoms with Crippen molar-refractivity contribution in [3.63, 3.8) is 0 Å². The molecule has 0 bridgehead atoms. The quantitative estimate of drug-likeness (QED) is 0.701. The van der Waals surface area contributed by atoms with Gasteiger partial charge in [0, 0.05) is 0 Å². The van der Waals surface area contributed by atoms with Gasteiger partial charge in [0.2, 0.25) is 0 Å². The van der Waals surface area contributed by atoms with Gasteiger partial charge in [0.15, 0.2) is 0 Å². The monoisotopic (exact) mass is 252 g/mol. The summed E-state index contributed by atoms with van der Waals surface area (Å²) in [6.45, 7) is 7.46. The number of hydrogen-bond donors (Lipinski definition) is 1. The van der Waals surface area contributed by atoms with Crippen LogP contribution in [-0.2, 0) is 0 Å². The van der Waals surface area contributed by atoms with Crippen LogP contribution in [-0.4, -0.2) is 12.4 Å². The Hall–Kier alpha value is -0.630. The van der Waals surface area contributed by atoms with Gasteiger partial charge in [-0.3, -0.25) is 0 Å². The SMILES string of the molecule is CC(CCS)CCOc1ccc(C(C)C)cc1. The Bertz CT molecular complexity index is 305. The van der Waals surface area contributed by atoms with Crippen LogP contribution in [0.5, 0.6) is 5.75 Å². The zero-order chi connectivity index (χ0) is 12.7. The maximum Gasteiger partial charge on any atom is 0.119 e. The maximum atomic E-state index is 5.73. The van der Waals surface area contributed by atoms with Crippen molar-refractivity contribution in [2.24, 2.45) is 5.92 Å². The molecule has 1 nitrogen and oxygen atoms in total. The topological polar surface area (TPSA) is 9.23 Å². The predicted molar refractivity (Wildman–Crippen MR) is 78.3 cm³/mol. The molecule has 0 amide bonds. The molecule has 0 aliphatic heterocycles. The van der Waals surface area contributed by atoms with Crippen molar-refractivity contribution in [3.8, 4) is 5.75 Å². The standard InChI is InChI=1S/C15H24OS/c1-12(2)14-4-6-15(7-5-14)16-10-8-13(3)9-11-17/h4-7,12-13,17H,8-11H2,1-3H3. The summed E-state index contributed by atoms with van der Waals surface area (Å²) in [5, 5.41) is 0. The highest BCUT2D eigenvalue weighted by Crippen LogP contribution is 2.19. The lowest BCUT2D eigenvalue weighted by atomic mass is 10.0. The van der Waals surface area contributed by atoms with Crippen molar-refractivity contribution in [3.05, 3.63) is 29.8 Å². The molecule has 1 unspecified atom stereocenters. The van der Waals surface area contributed by atoms with E-state index in [0.29, 0.717) is 11.8 Å². The Kier molecular flexibility index (Phi) is 6.49. The zero-order valence-electron chi connectivity index (χ0n) is 11.1. The van der Waals surface area contributed by atoms with E-state index in [2.05, 4.69) is 57.7 Å². The number of benzene rings is 1. The molecular weight excluding hydrogens is 228 g/mol. The van der Waals surface area contributed by atoms with Crippen LogP contribution in [0.3, 0.4) is 0 Å².